The summed E-state index contributed by atoms with van der Waals surface area (Å²) in [5.74, 6) is 0. The molecule has 0 aromatic heterocycles. The molecule has 158 valence electrons. The summed E-state index contributed by atoms with van der Waals surface area (Å²) in [5.41, 5.74) is 8.92. The Labute approximate surface area is 185 Å². The molecule has 0 radical (unpaired) electrons. The highest BCUT2D eigenvalue weighted by Crippen LogP contribution is 2.42. The lowest BCUT2D eigenvalue weighted by Gasteiger charge is -2.17. The maximum Gasteiger partial charge on any atom is 0.0397 e. The van der Waals surface area contributed by atoms with E-state index in [0.29, 0.717) is 0 Å². The molecule has 0 saturated heterocycles. The van der Waals surface area contributed by atoms with Gasteiger partial charge in [0, 0.05) is 11.1 Å². The van der Waals surface area contributed by atoms with Crippen molar-refractivity contribution in [3.63, 3.8) is 0 Å². The fourth-order valence-electron chi connectivity index (χ4n) is 5.49. The average molecular weight is 408 g/mol. The molecule has 0 saturated carbocycles. The summed E-state index contributed by atoms with van der Waals surface area (Å²) in [6.07, 6.45) is 11.9. The third kappa shape index (κ3) is 3.61. The van der Waals surface area contributed by atoms with Crippen molar-refractivity contribution in [3.05, 3.63) is 66.2 Å². The molecule has 5 rings (SSSR count). The minimum absolute atomic E-state index is 0.918. The molecule has 31 heavy (non-hydrogen) atoms. The van der Waals surface area contributed by atoms with Crippen LogP contribution in [-0.2, 0) is 6.42 Å². The van der Waals surface area contributed by atoms with Crippen LogP contribution < -0.4 is 5.73 Å². The van der Waals surface area contributed by atoms with Crippen LogP contribution in [0.1, 0.15) is 63.9 Å². The molecule has 0 amide bonds. The van der Waals surface area contributed by atoms with Gasteiger partial charge in [-0.1, -0.05) is 106 Å². The molecular weight excluding hydrogens is 374 g/mol. The highest BCUT2D eigenvalue weighted by atomic mass is 14.6. The van der Waals surface area contributed by atoms with E-state index in [0.717, 1.165) is 12.1 Å². The number of benzene rings is 5. The number of fused-ring (bicyclic) bond motifs is 2. The molecule has 5 aromatic rings. The van der Waals surface area contributed by atoms with E-state index in [-0.39, 0.29) is 0 Å². The first-order valence-electron chi connectivity index (χ1n) is 12.2. The first-order valence-corrected chi connectivity index (χ1v) is 12.2. The first-order chi connectivity index (χ1) is 15.3. The van der Waals surface area contributed by atoms with Gasteiger partial charge < -0.3 is 5.73 Å². The van der Waals surface area contributed by atoms with Gasteiger partial charge in [0.1, 0.15) is 0 Å². The van der Waals surface area contributed by atoms with Crippen LogP contribution in [0.5, 0.6) is 0 Å². The van der Waals surface area contributed by atoms with Crippen molar-refractivity contribution in [3.8, 4) is 0 Å². The molecule has 0 fully saturated rings. The Hall–Kier alpha value is -2.80. The molecule has 0 heterocycles. The SMILES string of the molecule is CCCCCCCCCCc1ccc2c3cccc4cccc(c5ccc(N)c1c52)c43. The zero-order valence-electron chi connectivity index (χ0n) is 18.7. The molecular formula is C30H33N. The van der Waals surface area contributed by atoms with Crippen LogP contribution in [0.3, 0.4) is 0 Å². The summed E-state index contributed by atoms with van der Waals surface area (Å²) >= 11 is 0. The number of nitrogens with two attached hydrogens (primary N) is 1. The molecule has 1 heteroatoms. The van der Waals surface area contributed by atoms with E-state index in [9.17, 15) is 0 Å². The van der Waals surface area contributed by atoms with Gasteiger partial charge in [-0.05, 0) is 62.2 Å². The number of rotatable bonds is 9. The number of unbranched alkanes of at least 4 members (excludes halogenated alkanes) is 7. The average Bonchev–Trinajstić information content (AvgIpc) is 2.80. The largest absolute Gasteiger partial charge is 0.398 e. The first kappa shape index (κ1) is 20.1. The fourth-order valence-corrected chi connectivity index (χ4v) is 5.49. The maximum absolute atomic E-state index is 6.59. The minimum Gasteiger partial charge on any atom is -0.398 e. The molecule has 0 spiro atoms. The second-order valence-corrected chi connectivity index (χ2v) is 9.16. The van der Waals surface area contributed by atoms with Crippen molar-refractivity contribution >= 4 is 48.8 Å². The monoisotopic (exact) mass is 407 g/mol. The van der Waals surface area contributed by atoms with Gasteiger partial charge in [0.25, 0.3) is 0 Å². The van der Waals surface area contributed by atoms with Gasteiger partial charge >= 0.3 is 0 Å². The Bertz CT molecular complexity index is 1280. The van der Waals surface area contributed by atoms with E-state index in [4.69, 9.17) is 5.73 Å². The van der Waals surface area contributed by atoms with Gasteiger partial charge in [-0.3, -0.25) is 0 Å². The van der Waals surface area contributed by atoms with E-state index < -0.39 is 0 Å². The number of anilines is 1. The zero-order valence-corrected chi connectivity index (χ0v) is 18.7. The summed E-state index contributed by atoms with van der Waals surface area (Å²) in [7, 11) is 0. The Balaban J connectivity index is 1.51. The molecule has 2 N–H and O–H groups in total. The molecule has 5 aromatic carbocycles. The van der Waals surface area contributed by atoms with Gasteiger partial charge in [0.15, 0.2) is 0 Å². The Kier molecular flexibility index (Phi) is 5.68. The second-order valence-electron chi connectivity index (χ2n) is 9.16. The van der Waals surface area contributed by atoms with Crippen molar-refractivity contribution in [2.75, 3.05) is 5.73 Å². The fraction of sp³-hybridized carbons (Fsp3) is 0.333. The van der Waals surface area contributed by atoms with E-state index in [2.05, 4.69) is 67.6 Å². The molecule has 0 aliphatic rings. The van der Waals surface area contributed by atoms with E-state index in [1.54, 1.807) is 0 Å². The van der Waals surface area contributed by atoms with Gasteiger partial charge in [0.2, 0.25) is 0 Å². The van der Waals surface area contributed by atoms with Gasteiger partial charge in [-0.25, -0.2) is 0 Å². The number of nitrogen functional groups attached to an aromatic ring is 1. The van der Waals surface area contributed by atoms with E-state index in [1.165, 1.54) is 100 Å². The van der Waals surface area contributed by atoms with Gasteiger partial charge in [-0.2, -0.15) is 0 Å². The maximum atomic E-state index is 6.59. The summed E-state index contributed by atoms with van der Waals surface area (Å²) in [4.78, 5) is 0. The molecule has 0 unspecified atom stereocenters. The summed E-state index contributed by atoms with van der Waals surface area (Å²) < 4.78 is 0. The zero-order chi connectivity index (χ0) is 21.2. The van der Waals surface area contributed by atoms with Crippen molar-refractivity contribution in [1.82, 2.24) is 0 Å². The van der Waals surface area contributed by atoms with Crippen molar-refractivity contribution in [2.24, 2.45) is 0 Å². The van der Waals surface area contributed by atoms with Crippen LogP contribution in [0.25, 0.3) is 43.1 Å². The summed E-state index contributed by atoms with van der Waals surface area (Å²) in [6, 6.07) is 22.4. The predicted octanol–water partition coefficient (Wildman–Crippen LogP) is 9.00. The van der Waals surface area contributed by atoms with Crippen LogP contribution in [0.15, 0.2) is 60.7 Å². The third-order valence-corrected chi connectivity index (χ3v) is 7.06. The molecule has 0 bridgehead atoms. The molecule has 1 nitrogen and oxygen atoms in total. The Morgan fingerprint density at radius 3 is 1.81 bits per heavy atom. The lowest BCUT2D eigenvalue weighted by atomic mass is 9.87. The predicted molar refractivity (Wildman–Crippen MR) is 138 cm³/mol. The molecule has 0 aliphatic carbocycles. The van der Waals surface area contributed by atoms with Crippen LogP contribution in [0.4, 0.5) is 5.69 Å². The van der Waals surface area contributed by atoms with Crippen molar-refractivity contribution in [1.29, 1.82) is 0 Å². The van der Waals surface area contributed by atoms with Gasteiger partial charge in [-0.15, -0.1) is 0 Å². The summed E-state index contributed by atoms with van der Waals surface area (Å²) in [5, 5.41) is 10.7. The highest BCUT2D eigenvalue weighted by molar-refractivity contribution is 6.34. The minimum atomic E-state index is 0.918. The second kappa shape index (κ2) is 8.75. The van der Waals surface area contributed by atoms with Gasteiger partial charge in [0.05, 0.1) is 0 Å². The third-order valence-electron chi connectivity index (χ3n) is 7.06. The van der Waals surface area contributed by atoms with Crippen LogP contribution in [0.2, 0.25) is 0 Å². The number of hydrogen-bond acceptors (Lipinski definition) is 1. The van der Waals surface area contributed by atoms with Crippen LogP contribution >= 0.6 is 0 Å². The molecule has 0 atom stereocenters. The van der Waals surface area contributed by atoms with Crippen molar-refractivity contribution in [2.45, 2.75) is 64.7 Å². The van der Waals surface area contributed by atoms with Crippen LogP contribution in [0, 0.1) is 0 Å². The number of hydrogen-bond donors (Lipinski definition) is 1. The number of aryl methyl sites for hydroxylation is 1. The van der Waals surface area contributed by atoms with Crippen LogP contribution in [-0.4, -0.2) is 0 Å². The van der Waals surface area contributed by atoms with E-state index in [1.807, 2.05) is 0 Å². The molecule has 0 aliphatic heterocycles. The lowest BCUT2D eigenvalue weighted by Crippen LogP contribution is -1.96. The quantitative estimate of drug-likeness (QED) is 0.112. The van der Waals surface area contributed by atoms with Crippen molar-refractivity contribution < 1.29 is 0 Å². The van der Waals surface area contributed by atoms with E-state index >= 15 is 0 Å². The normalized spacial score (nSPS) is 12.0. The smallest absolute Gasteiger partial charge is 0.0397 e. The lowest BCUT2D eigenvalue weighted by molar-refractivity contribution is 0.576. The highest BCUT2D eigenvalue weighted by Gasteiger charge is 2.15. The Morgan fingerprint density at radius 1 is 0.548 bits per heavy atom. The Morgan fingerprint density at radius 2 is 1.13 bits per heavy atom. The standard InChI is InChI=1S/C30H33N/c1-2-3-4-5-6-7-8-9-12-22-17-18-25-23-15-10-13-21-14-11-16-24(28(21)23)26-19-20-27(31)29(22)30(25)26/h10-11,13-20H,2-9,12,31H2,1H3. The summed E-state index contributed by atoms with van der Waals surface area (Å²) in [6.45, 7) is 2.28. The topological polar surface area (TPSA) is 26.0 Å².